The number of hydrogen-bond donors (Lipinski definition) is 1. The number of aldehydes is 1. The summed E-state index contributed by atoms with van der Waals surface area (Å²) < 4.78 is 32.3. The molecular formula is C14H21NO4S. The molecule has 0 spiro atoms. The molecule has 1 aliphatic rings. The first-order chi connectivity index (χ1) is 9.44. The Morgan fingerprint density at radius 2 is 2.00 bits per heavy atom. The second kappa shape index (κ2) is 6.10. The molecule has 0 radical (unpaired) electrons. The molecule has 0 aromatic carbocycles. The topological polar surface area (TPSA) is 76.4 Å². The average molecular weight is 299 g/mol. The van der Waals surface area contributed by atoms with Crippen LogP contribution in [0.15, 0.2) is 21.6 Å². The van der Waals surface area contributed by atoms with Crippen molar-refractivity contribution >= 4 is 16.3 Å². The van der Waals surface area contributed by atoms with E-state index in [-0.39, 0.29) is 16.9 Å². The molecule has 0 bridgehead atoms. The van der Waals surface area contributed by atoms with E-state index in [1.807, 2.05) is 0 Å². The zero-order valence-corrected chi connectivity index (χ0v) is 12.7. The third-order valence-corrected chi connectivity index (χ3v) is 5.33. The molecular weight excluding hydrogens is 278 g/mol. The second-order valence-electron chi connectivity index (χ2n) is 5.69. The molecule has 2 unspecified atom stereocenters. The molecule has 20 heavy (non-hydrogen) atoms. The number of furan rings is 1. The second-order valence-corrected chi connectivity index (χ2v) is 7.34. The molecule has 0 aliphatic heterocycles. The first-order valence-electron chi connectivity index (χ1n) is 7.01. The van der Waals surface area contributed by atoms with Crippen molar-refractivity contribution in [3.63, 3.8) is 0 Å². The summed E-state index contributed by atoms with van der Waals surface area (Å²) in [6.07, 6.45) is 4.58. The van der Waals surface area contributed by atoms with E-state index in [9.17, 15) is 13.2 Å². The summed E-state index contributed by atoms with van der Waals surface area (Å²) in [5.41, 5.74) is 0. The molecule has 0 saturated heterocycles. The summed E-state index contributed by atoms with van der Waals surface area (Å²) in [6, 6.07) is 2.63. The summed E-state index contributed by atoms with van der Waals surface area (Å²) in [7, 11) is -3.69. The predicted molar refractivity (Wildman–Crippen MR) is 75.0 cm³/mol. The Hall–Kier alpha value is -1.14. The molecule has 1 aromatic rings. The Bertz CT molecular complexity index is 561. The lowest BCUT2D eigenvalue weighted by atomic mass is 9.78. The van der Waals surface area contributed by atoms with Crippen LogP contribution in [0.25, 0.3) is 0 Å². The van der Waals surface area contributed by atoms with Gasteiger partial charge in [0, 0.05) is 6.04 Å². The van der Waals surface area contributed by atoms with E-state index in [2.05, 4.69) is 18.6 Å². The van der Waals surface area contributed by atoms with Crippen LogP contribution in [0.5, 0.6) is 0 Å². The van der Waals surface area contributed by atoms with E-state index < -0.39 is 10.0 Å². The highest BCUT2D eigenvalue weighted by Gasteiger charge is 2.32. The fraction of sp³-hybridized carbons (Fsp3) is 0.643. The number of hydrogen-bond acceptors (Lipinski definition) is 4. The van der Waals surface area contributed by atoms with E-state index in [0.29, 0.717) is 18.1 Å². The van der Waals surface area contributed by atoms with Crippen LogP contribution in [0.2, 0.25) is 0 Å². The molecule has 1 heterocycles. The number of carbonyl (C=O) groups is 1. The number of nitrogens with one attached hydrogen (secondary N) is 1. The van der Waals surface area contributed by atoms with Gasteiger partial charge in [-0.25, -0.2) is 13.1 Å². The zero-order chi connectivity index (χ0) is 14.8. The minimum Gasteiger partial charge on any atom is -0.440 e. The van der Waals surface area contributed by atoms with Crippen molar-refractivity contribution in [2.45, 2.75) is 50.7 Å². The van der Waals surface area contributed by atoms with Crippen molar-refractivity contribution in [1.29, 1.82) is 0 Å². The van der Waals surface area contributed by atoms with E-state index in [1.54, 1.807) is 0 Å². The minimum absolute atomic E-state index is 0.0226. The Morgan fingerprint density at radius 1 is 1.30 bits per heavy atom. The zero-order valence-electron chi connectivity index (χ0n) is 11.8. The van der Waals surface area contributed by atoms with Gasteiger partial charge in [-0.3, -0.25) is 4.79 Å². The van der Waals surface area contributed by atoms with Crippen LogP contribution in [-0.2, 0) is 10.0 Å². The first kappa shape index (κ1) is 15.3. The number of rotatable bonds is 5. The largest absolute Gasteiger partial charge is 0.440 e. The van der Waals surface area contributed by atoms with E-state index >= 15 is 0 Å². The van der Waals surface area contributed by atoms with Crippen molar-refractivity contribution in [2.75, 3.05) is 0 Å². The van der Waals surface area contributed by atoms with Gasteiger partial charge >= 0.3 is 0 Å². The highest BCUT2D eigenvalue weighted by atomic mass is 32.2. The molecule has 112 valence electrons. The molecule has 1 saturated carbocycles. The van der Waals surface area contributed by atoms with Crippen molar-refractivity contribution in [2.24, 2.45) is 11.8 Å². The van der Waals surface area contributed by atoms with Crippen LogP contribution in [0, 0.1) is 11.8 Å². The van der Waals surface area contributed by atoms with Crippen molar-refractivity contribution < 1.29 is 17.6 Å². The van der Waals surface area contributed by atoms with Gasteiger partial charge in [-0.2, -0.15) is 0 Å². The quantitative estimate of drug-likeness (QED) is 0.848. The molecule has 2 rings (SSSR count). The predicted octanol–water partition coefficient (Wildman–Crippen LogP) is 2.59. The minimum atomic E-state index is -3.69. The van der Waals surface area contributed by atoms with Crippen LogP contribution >= 0.6 is 0 Å². The highest BCUT2D eigenvalue weighted by molar-refractivity contribution is 7.89. The van der Waals surface area contributed by atoms with Crippen LogP contribution in [0.3, 0.4) is 0 Å². The van der Waals surface area contributed by atoms with Gasteiger partial charge in [0.15, 0.2) is 12.0 Å². The summed E-state index contributed by atoms with van der Waals surface area (Å²) in [5, 5.41) is -0.187. The monoisotopic (exact) mass is 299 g/mol. The lowest BCUT2D eigenvalue weighted by Crippen LogP contribution is -2.43. The van der Waals surface area contributed by atoms with Crippen molar-refractivity contribution in [3.05, 3.63) is 17.9 Å². The van der Waals surface area contributed by atoms with Crippen LogP contribution in [0.1, 0.15) is 50.1 Å². The van der Waals surface area contributed by atoms with Gasteiger partial charge in [-0.1, -0.05) is 26.7 Å². The summed E-state index contributed by atoms with van der Waals surface area (Å²) in [6.45, 7) is 4.24. The van der Waals surface area contributed by atoms with Crippen LogP contribution in [0.4, 0.5) is 0 Å². The smallest absolute Gasteiger partial charge is 0.274 e. The van der Waals surface area contributed by atoms with Gasteiger partial charge < -0.3 is 4.42 Å². The maximum atomic E-state index is 12.3. The third kappa shape index (κ3) is 3.30. The van der Waals surface area contributed by atoms with Crippen LogP contribution in [-0.4, -0.2) is 20.7 Å². The maximum Gasteiger partial charge on any atom is 0.274 e. The summed E-state index contributed by atoms with van der Waals surface area (Å²) >= 11 is 0. The van der Waals surface area contributed by atoms with E-state index in [0.717, 1.165) is 25.7 Å². The van der Waals surface area contributed by atoms with E-state index in [4.69, 9.17) is 4.42 Å². The van der Waals surface area contributed by atoms with Gasteiger partial charge in [0.25, 0.3) is 10.0 Å². The van der Waals surface area contributed by atoms with Crippen molar-refractivity contribution in [3.8, 4) is 0 Å². The van der Waals surface area contributed by atoms with Gasteiger partial charge in [0.05, 0.1) is 0 Å². The Balaban J connectivity index is 2.16. The summed E-state index contributed by atoms with van der Waals surface area (Å²) in [4.78, 5) is 10.6. The van der Waals surface area contributed by atoms with Gasteiger partial charge in [-0.05, 0) is 36.8 Å². The number of sulfonamides is 1. The summed E-state index contributed by atoms with van der Waals surface area (Å²) in [5.74, 6) is 0.804. The SMILES string of the molecule is CC(C)C1CCCCC1NS(=O)(=O)c1ccc(C=O)o1. The molecule has 1 aromatic heterocycles. The molecule has 6 heteroatoms. The first-order valence-corrected chi connectivity index (χ1v) is 8.49. The van der Waals surface area contributed by atoms with Gasteiger partial charge in [0.1, 0.15) is 0 Å². The average Bonchev–Trinajstić information content (AvgIpc) is 2.88. The lowest BCUT2D eigenvalue weighted by Gasteiger charge is -2.34. The standard InChI is InChI=1S/C14H21NO4S/c1-10(2)12-5-3-4-6-13(12)15-20(17,18)14-8-7-11(9-16)19-14/h7-10,12-13,15H,3-6H2,1-2H3. The molecule has 0 amide bonds. The number of carbonyl (C=O) groups excluding carboxylic acids is 1. The Morgan fingerprint density at radius 3 is 2.60 bits per heavy atom. The third-order valence-electron chi connectivity index (χ3n) is 3.97. The maximum absolute atomic E-state index is 12.3. The Labute approximate surface area is 119 Å². The normalized spacial score (nSPS) is 23.9. The molecule has 5 nitrogen and oxygen atoms in total. The molecule has 2 atom stereocenters. The van der Waals surface area contributed by atoms with Crippen LogP contribution < -0.4 is 4.72 Å². The van der Waals surface area contributed by atoms with Gasteiger partial charge in [0.2, 0.25) is 5.09 Å². The van der Waals surface area contributed by atoms with Crippen molar-refractivity contribution in [1.82, 2.24) is 4.72 Å². The van der Waals surface area contributed by atoms with E-state index in [1.165, 1.54) is 12.1 Å². The van der Waals surface area contributed by atoms with Gasteiger partial charge in [-0.15, -0.1) is 0 Å². The molecule has 1 fully saturated rings. The Kier molecular flexibility index (Phi) is 4.65. The fourth-order valence-corrected chi connectivity index (χ4v) is 4.16. The molecule has 1 N–H and O–H groups in total. The fourth-order valence-electron chi connectivity index (χ4n) is 2.90. The molecule has 1 aliphatic carbocycles. The lowest BCUT2D eigenvalue weighted by molar-refractivity contribution is 0.109. The highest BCUT2D eigenvalue weighted by Crippen LogP contribution is 2.31.